The third-order valence-electron chi connectivity index (χ3n) is 9.22. The molecule has 0 aliphatic rings. The van der Waals surface area contributed by atoms with Crippen LogP contribution < -0.4 is 0 Å². The summed E-state index contributed by atoms with van der Waals surface area (Å²) in [5.41, 5.74) is 0. The molecule has 0 bridgehead atoms. The van der Waals surface area contributed by atoms with E-state index in [0.29, 0.717) is 19.3 Å². The molecular weight excluding hydrogens is 600 g/mol. The van der Waals surface area contributed by atoms with Crippen LogP contribution in [0.5, 0.6) is 0 Å². The summed E-state index contributed by atoms with van der Waals surface area (Å²) >= 11 is 0. The highest BCUT2D eigenvalue weighted by Gasteiger charge is 2.19. The van der Waals surface area contributed by atoms with Gasteiger partial charge < -0.3 is 14.2 Å². The average molecular weight is 681 g/mol. The molecule has 284 valence electrons. The van der Waals surface area contributed by atoms with E-state index in [1.807, 2.05) is 0 Å². The highest BCUT2D eigenvalue weighted by atomic mass is 16.6. The van der Waals surface area contributed by atoms with Crippen LogP contribution in [0.15, 0.2) is 0 Å². The molecule has 0 aliphatic heterocycles. The van der Waals surface area contributed by atoms with Gasteiger partial charge in [0.2, 0.25) is 0 Å². The fourth-order valence-electron chi connectivity index (χ4n) is 6.05. The molecule has 1 atom stereocenters. The summed E-state index contributed by atoms with van der Waals surface area (Å²) in [5, 5.41) is 0. The first-order chi connectivity index (χ1) is 23.2. The first-order valence-electron chi connectivity index (χ1n) is 20.7. The van der Waals surface area contributed by atoms with Crippen LogP contribution in [-0.2, 0) is 28.6 Å². The average Bonchev–Trinajstić information content (AvgIpc) is 3.04. The Morgan fingerprint density at radius 1 is 0.396 bits per heavy atom. The van der Waals surface area contributed by atoms with Crippen molar-refractivity contribution >= 4 is 17.9 Å². The number of hydrogen-bond acceptors (Lipinski definition) is 6. The number of hydrogen-bond donors (Lipinski definition) is 0. The van der Waals surface area contributed by atoms with E-state index in [4.69, 9.17) is 14.2 Å². The minimum absolute atomic E-state index is 0.0668. The molecule has 0 N–H and O–H groups in total. The van der Waals surface area contributed by atoms with E-state index in [1.54, 1.807) is 0 Å². The zero-order valence-electron chi connectivity index (χ0n) is 32.6. The second kappa shape index (κ2) is 35.2. The Kier molecular flexibility index (Phi) is 34.1. The van der Waals surface area contributed by atoms with Crippen LogP contribution >= 0.6 is 0 Å². The molecular formula is C42H80O6. The zero-order valence-corrected chi connectivity index (χ0v) is 32.6. The van der Waals surface area contributed by atoms with Gasteiger partial charge in [0.05, 0.1) is 0 Å². The molecule has 0 rings (SSSR count). The predicted octanol–water partition coefficient (Wildman–Crippen LogP) is 12.6. The van der Waals surface area contributed by atoms with Crippen molar-refractivity contribution < 1.29 is 28.6 Å². The maximum Gasteiger partial charge on any atom is 0.306 e. The highest BCUT2D eigenvalue weighted by Crippen LogP contribution is 2.16. The summed E-state index contributed by atoms with van der Waals surface area (Å²) in [6.45, 7) is 11.2. The minimum atomic E-state index is -0.758. The monoisotopic (exact) mass is 681 g/mol. The molecule has 6 nitrogen and oxygen atoms in total. The van der Waals surface area contributed by atoms with Gasteiger partial charge in [-0.25, -0.2) is 0 Å². The molecule has 6 heteroatoms. The van der Waals surface area contributed by atoms with Crippen LogP contribution in [0.4, 0.5) is 0 Å². The van der Waals surface area contributed by atoms with Gasteiger partial charge >= 0.3 is 17.9 Å². The van der Waals surface area contributed by atoms with Gasteiger partial charge in [0.25, 0.3) is 0 Å². The molecule has 0 aliphatic carbocycles. The fourth-order valence-corrected chi connectivity index (χ4v) is 6.05. The Morgan fingerprint density at radius 3 is 1.02 bits per heavy atom. The first-order valence-corrected chi connectivity index (χ1v) is 20.7. The second-order valence-corrected chi connectivity index (χ2v) is 15.2. The van der Waals surface area contributed by atoms with Crippen molar-refractivity contribution in [2.45, 2.75) is 227 Å². The van der Waals surface area contributed by atoms with Gasteiger partial charge in [0.1, 0.15) is 13.2 Å². The maximum atomic E-state index is 12.6. The van der Waals surface area contributed by atoms with Crippen molar-refractivity contribution in [3.05, 3.63) is 0 Å². The molecule has 0 unspecified atom stereocenters. The summed E-state index contributed by atoms with van der Waals surface area (Å²) in [6.07, 6.45) is 31.2. The topological polar surface area (TPSA) is 78.9 Å². The van der Waals surface area contributed by atoms with Crippen molar-refractivity contribution in [1.82, 2.24) is 0 Å². The lowest BCUT2D eigenvalue weighted by Gasteiger charge is -2.18. The standard InChI is InChI=1S/C42H80O6/c1-6-7-8-20-27-32-40(43)46-35-39(48-42(45)34-29-24-19-15-14-17-22-26-31-38(4)5)36-47-41(44)33-28-23-18-13-11-9-10-12-16-21-25-30-37(2)3/h37-39H,6-36H2,1-5H3/t39-/m1/s1. The van der Waals surface area contributed by atoms with Crippen molar-refractivity contribution in [2.75, 3.05) is 13.2 Å². The summed E-state index contributed by atoms with van der Waals surface area (Å²) in [6, 6.07) is 0. The molecule has 0 spiro atoms. The van der Waals surface area contributed by atoms with Gasteiger partial charge in [-0.3, -0.25) is 14.4 Å². The van der Waals surface area contributed by atoms with Gasteiger partial charge in [-0.05, 0) is 31.1 Å². The van der Waals surface area contributed by atoms with Gasteiger partial charge in [-0.15, -0.1) is 0 Å². The normalized spacial score (nSPS) is 12.1. The van der Waals surface area contributed by atoms with Crippen LogP contribution in [0, 0.1) is 11.8 Å². The molecule has 0 amide bonds. The summed E-state index contributed by atoms with van der Waals surface area (Å²) in [7, 11) is 0. The quantitative estimate of drug-likeness (QED) is 0.0372. The van der Waals surface area contributed by atoms with Gasteiger partial charge in [0.15, 0.2) is 6.10 Å². The maximum absolute atomic E-state index is 12.6. The Hall–Kier alpha value is -1.59. The predicted molar refractivity (Wildman–Crippen MR) is 201 cm³/mol. The summed E-state index contributed by atoms with van der Waals surface area (Å²) in [4.78, 5) is 37.3. The SMILES string of the molecule is CCCCCCCC(=O)OC[C@H](COC(=O)CCCCCCCCCCCCCC(C)C)OC(=O)CCCCCCCCCCC(C)C. The van der Waals surface area contributed by atoms with Gasteiger partial charge in [-0.1, -0.05) is 182 Å². The summed E-state index contributed by atoms with van der Waals surface area (Å²) in [5.74, 6) is 0.742. The number of rotatable bonds is 36. The van der Waals surface area contributed by atoms with E-state index >= 15 is 0 Å². The van der Waals surface area contributed by atoms with E-state index in [-0.39, 0.29) is 31.1 Å². The van der Waals surface area contributed by atoms with Crippen LogP contribution in [0.3, 0.4) is 0 Å². The van der Waals surface area contributed by atoms with Gasteiger partial charge in [-0.2, -0.15) is 0 Å². The van der Waals surface area contributed by atoms with Crippen molar-refractivity contribution in [1.29, 1.82) is 0 Å². The van der Waals surface area contributed by atoms with Crippen LogP contribution in [-0.4, -0.2) is 37.2 Å². The zero-order chi connectivity index (χ0) is 35.5. The largest absolute Gasteiger partial charge is 0.462 e. The Bertz CT molecular complexity index is 734. The lowest BCUT2D eigenvalue weighted by molar-refractivity contribution is -0.167. The van der Waals surface area contributed by atoms with Gasteiger partial charge in [0, 0.05) is 19.3 Å². The minimum Gasteiger partial charge on any atom is -0.462 e. The molecule has 0 aromatic rings. The highest BCUT2D eigenvalue weighted by molar-refractivity contribution is 5.71. The van der Waals surface area contributed by atoms with E-state index in [0.717, 1.165) is 76.0 Å². The number of ether oxygens (including phenoxy) is 3. The van der Waals surface area contributed by atoms with Crippen LogP contribution in [0.1, 0.15) is 221 Å². The van der Waals surface area contributed by atoms with Crippen molar-refractivity contribution in [3.8, 4) is 0 Å². The molecule has 48 heavy (non-hydrogen) atoms. The number of carbonyl (C=O) groups excluding carboxylic acids is 3. The molecule has 0 aromatic heterocycles. The van der Waals surface area contributed by atoms with Crippen LogP contribution in [0.25, 0.3) is 0 Å². The van der Waals surface area contributed by atoms with Crippen molar-refractivity contribution in [2.24, 2.45) is 11.8 Å². The molecule has 0 heterocycles. The number of esters is 3. The Balaban J connectivity index is 4.23. The molecule has 0 fully saturated rings. The van der Waals surface area contributed by atoms with E-state index in [1.165, 1.54) is 103 Å². The Morgan fingerprint density at radius 2 is 0.688 bits per heavy atom. The third-order valence-corrected chi connectivity index (χ3v) is 9.22. The lowest BCUT2D eigenvalue weighted by Crippen LogP contribution is -2.30. The van der Waals surface area contributed by atoms with E-state index < -0.39 is 6.10 Å². The van der Waals surface area contributed by atoms with Crippen molar-refractivity contribution in [3.63, 3.8) is 0 Å². The van der Waals surface area contributed by atoms with Crippen LogP contribution in [0.2, 0.25) is 0 Å². The summed E-state index contributed by atoms with van der Waals surface area (Å²) < 4.78 is 16.5. The molecule has 0 saturated carbocycles. The molecule has 0 saturated heterocycles. The first kappa shape index (κ1) is 46.4. The number of unbranched alkanes of at least 4 members (excludes halogenated alkanes) is 21. The lowest BCUT2D eigenvalue weighted by atomic mass is 10.0. The molecule has 0 aromatic carbocycles. The third kappa shape index (κ3) is 35.7. The van der Waals surface area contributed by atoms with E-state index in [2.05, 4.69) is 34.6 Å². The van der Waals surface area contributed by atoms with E-state index in [9.17, 15) is 14.4 Å². The second-order valence-electron chi connectivity index (χ2n) is 15.2. The smallest absolute Gasteiger partial charge is 0.306 e. The number of carbonyl (C=O) groups is 3. The fraction of sp³-hybridized carbons (Fsp3) is 0.929. The Labute approximate surface area is 298 Å². The molecule has 0 radical (unpaired) electrons.